The number of carboxylic acid groups (broad SMARTS) is 1. The molecule has 0 bridgehead atoms. The fraction of sp³-hybridized carbons (Fsp3) is 0.111. The van der Waals surface area contributed by atoms with Crippen LogP contribution >= 0.6 is 0 Å². The molecule has 5 N–H and O–H groups in total. The molecule has 2 aromatic carbocycles. The maximum absolute atomic E-state index is 10.9. The van der Waals surface area contributed by atoms with Crippen LogP contribution in [0.3, 0.4) is 0 Å². The van der Waals surface area contributed by atoms with Gasteiger partial charge in [-0.1, -0.05) is 18.2 Å². The van der Waals surface area contributed by atoms with Crippen molar-refractivity contribution in [2.75, 3.05) is 5.32 Å². The molecule has 28 heavy (non-hydrogen) atoms. The molecule has 1 heterocycles. The van der Waals surface area contributed by atoms with Crippen molar-refractivity contribution < 1.29 is 31.7 Å². The summed E-state index contributed by atoms with van der Waals surface area (Å²) in [6.07, 6.45) is 0. The third-order valence-electron chi connectivity index (χ3n) is 3.78. The number of carboxylic acids is 1. The zero-order chi connectivity index (χ0) is 21.1. The van der Waals surface area contributed by atoms with E-state index in [2.05, 4.69) is 5.32 Å². The average molecular weight is 450 g/mol. The molecule has 0 fully saturated rings. The number of phenolic OH excluding ortho intramolecular Hbond substituents is 1. The minimum Gasteiger partial charge on any atom is -0.477 e. The molecule has 1 amide bonds. The van der Waals surface area contributed by atoms with E-state index in [0.29, 0.717) is 5.69 Å². The van der Waals surface area contributed by atoms with Gasteiger partial charge in [0.15, 0.2) is 0 Å². The van der Waals surface area contributed by atoms with Crippen LogP contribution in [0.2, 0.25) is 0 Å². The number of para-hydroxylation sites is 1. The van der Waals surface area contributed by atoms with Crippen LogP contribution in [0.4, 0.5) is 5.69 Å². The largest absolute Gasteiger partial charge is 0.477 e. The molecule has 0 unspecified atom stereocenters. The van der Waals surface area contributed by atoms with Crippen LogP contribution in [-0.4, -0.2) is 49.0 Å². The van der Waals surface area contributed by atoms with Gasteiger partial charge < -0.3 is 9.67 Å². The Labute approximate surface area is 162 Å². The van der Waals surface area contributed by atoms with Crippen molar-refractivity contribution in [3.8, 4) is 5.75 Å². The maximum atomic E-state index is 10.9. The van der Waals surface area contributed by atoms with Gasteiger partial charge in [-0.3, -0.25) is 0 Å². The number of fused-ring (bicyclic) bond motifs is 1. The van der Waals surface area contributed by atoms with Crippen LogP contribution in [0, 0.1) is 0 Å². The Morgan fingerprint density at radius 1 is 1.07 bits per heavy atom. The molecule has 0 aliphatic rings. The number of aromatic hydroxyl groups is 1. The molecule has 0 spiro atoms. The predicted octanol–water partition coefficient (Wildman–Crippen LogP) is 0.788. The topological polar surface area (TPSA) is 149 Å². The Morgan fingerprint density at radius 2 is 1.71 bits per heavy atom. The average Bonchev–Trinajstić information content (AvgIpc) is 2.91. The van der Waals surface area contributed by atoms with E-state index < -0.39 is 30.2 Å². The molecule has 9 nitrogen and oxygen atoms in total. The fourth-order valence-electron chi connectivity index (χ4n) is 2.54. The summed E-state index contributed by atoms with van der Waals surface area (Å²) in [6, 6.07) is 12.8. The van der Waals surface area contributed by atoms with Crippen molar-refractivity contribution in [3.05, 3.63) is 54.2 Å². The Balaban J connectivity index is 0.000000202. The van der Waals surface area contributed by atoms with Gasteiger partial charge in [0.05, 0.1) is 0 Å². The number of nitrogens with zero attached hydrogens (tertiary/aromatic N) is 1. The number of phenols is 1. The normalized spacial score (nSPS) is 10.9. The first-order chi connectivity index (χ1) is 13.0. The monoisotopic (exact) mass is 450 g/mol. The van der Waals surface area contributed by atoms with Gasteiger partial charge in [-0.2, -0.15) is 0 Å². The Hall–Kier alpha value is -3.00. The smallest absolute Gasteiger partial charge is 0.352 e. The number of aromatic carboxylic acids is 1. The molecule has 148 valence electrons. The zero-order valence-electron chi connectivity index (χ0n) is 15.0. The Morgan fingerprint density at radius 3 is 2.21 bits per heavy atom. The summed E-state index contributed by atoms with van der Waals surface area (Å²) in [5.41, 5.74) is 1.55. The van der Waals surface area contributed by atoms with Gasteiger partial charge >= 0.3 is 94.1 Å². The van der Waals surface area contributed by atoms with Crippen molar-refractivity contribution in [2.45, 2.75) is 6.92 Å². The number of aromatic nitrogens is 1. The van der Waals surface area contributed by atoms with E-state index in [1.807, 2.05) is 24.3 Å². The van der Waals surface area contributed by atoms with Crippen LogP contribution in [-0.2, 0) is 15.6 Å². The summed E-state index contributed by atoms with van der Waals surface area (Å²) in [5, 5.41) is 21.5. The van der Waals surface area contributed by atoms with E-state index in [1.54, 1.807) is 17.7 Å². The fourth-order valence-corrected chi connectivity index (χ4v) is 3.87. The molecule has 0 aliphatic carbocycles. The van der Waals surface area contributed by atoms with E-state index in [-0.39, 0.29) is 11.6 Å². The van der Waals surface area contributed by atoms with Crippen LogP contribution in [0.15, 0.2) is 48.5 Å². The van der Waals surface area contributed by atoms with Gasteiger partial charge in [0.25, 0.3) is 0 Å². The number of aryl methyl sites for hydroxylation is 1. The van der Waals surface area contributed by atoms with E-state index in [1.165, 1.54) is 13.0 Å². The molecular weight excluding hydrogens is 431 g/mol. The van der Waals surface area contributed by atoms with E-state index in [0.717, 1.165) is 23.0 Å². The Kier molecular flexibility index (Phi) is 6.35. The van der Waals surface area contributed by atoms with Crippen molar-refractivity contribution in [2.24, 2.45) is 7.05 Å². The number of amides is 1. The van der Waals surface area contributed by atoms with E-state index in [9.17, 15) is 18.4 Å². The molecule has 0 saturated carbocycles. The standard InChI is InChI=1S/C10H9NO2.C8H10AsNO5/c1-11-8-5-3-2-4-7(8)6-9(11)10(12)13;1-5(11)10-6-2-3-7(8(12)4-6)9(13,14)15/h2-6H,1H3,(H,12,13);2-4,12H,1H3,(H,10,11)(H2,13,14,15). The van der Waals surface area contributed by atoms with Gasteiger partial charge in [-0.25, -0.2) is 4.79 Å². The van der Waals surface area contributed by atoms with Gasteiger partial charge in [-0.15, -0.1) is 0 Å². The van der Waals surface area contributed by atoms with Crippen LogP contribution in [0.5, 0.6) is 5.75 Å². The zero-order valence-corrected chi connectivity index (χ0v) is 16.9. The second-order valence-electron chi connectivity index (χ2n) is 5.88. The number of hydrogen-bond acceptors (Lipinski definition) is 4. The molecule has 1 aromatic heterocycles. The molecule has 0 aliphatic heterocycles. The van der Waals surface area contributed by atoms with Crippen molar-refractivity contribution in [3.63, 3.8) is 0 Å². The number of hydrogen-bond donors (Lipinski definition) is 5. The number of carbonyl (C=O) groups is 2. The number of anilines is 1. The summed E-state index contributed by atoms with van der Waals surface area (Å²) >= 11 is -5.09. The van der Waals surface area contributed by atoms with E-state index in [4.69, 9.17) is 13.3 Å². The minimum absolute atomic E-state index is 0.285. The second-order valence-corrected chi connectivity index (χ2v) is 9.17. The molecule has 0 saturated heterocycles. The summed E-state index contributed by atoms with van der Waals surface area (Å²) in [4.78, 5) is 21.4. The summed E-state index contributed by atoms with van der Waals surface area (Å²) in [6.45, 7) is 1.29. The molecular formula is C18H19AsN2O7. The molecule has 10 heteroatoms. The second kappa shape index (κ2) is 8.35. The number of nitrogens with one attached hydrogen (secondary N) is 1. The minimum atomic E-state index is -5.09. The quantitative estimate of drug-likeness (QED) is 0.371. The maximum Gasteiger partial charge on any atom is 0.352 e. The molecule has 3 rings (SSSR count). The summed E-state index contributed by atoms with van der Waals surface area (Å²) in [7, 11) is 1.76. The number of rotatable bonds is 3. The van der Waals surface area contributed by atoms with E-state index >= 15 is 0 Å². The van der Waals surface area contributed by atoms with Crippen LogP contribution in [0.25, 0.3) is 10.9 Å². The first kappa shape index (κ1) is 21.3. The number of carbonyl (C=O) groups excluding carboxylic acids is 1. The van der Waals surface area contributed by atoms with Crippen LogP contribution in [0.1, 0.15) is 17.4 Å². The van der Waals surface area contributed by atoms with Gasteiger partial charge in [0.1, 0.15) is 5.69 Å². The number of benzene rings is 2. The van der Waals surface area contributed by atoms with Gasteiger partial charge in [0, 0.05) is 18.0 Å². The van der Waals surface area contributed by atoms with Crippen molar-refractivity contribution >= 4 is 47.0 Å². The van der Waals surface area contributed by atoms with Gasteiger partial charge in [-0.05, 0) is 12.1 Å². The third kappa shape index (κ3) is 5.04. The first-order valence-corrected chi connectivity index (χ1v) is 11.3. The summed E-state index contributed by atoms with van der Waals surface area (Å²) < 4.78 is 29.9. The van der Waals surface area contributed by atoms with Crippen molar-refractivity contribution in [1.29, 1.82) is 0 Å². The Bertz CT molecular complexity index is 1080. The first-order valence-electron chi connectivity index (χ1n) is 7.95. The SMILES string of the molecule is CC(=O)Nc1ccc([As](=O)(O)O)c(O)c1.Cn1c(C(=O)O)cc2ccccc21. The molecule has 0 atom stereocenters. The van der Waals surface area contributed by atoms with Crippen molar-refractivity contribution in [1.82, 2.24) is 4.57 Å². The van der Waals surface area contributed by atoms with Crippen LogP contribution < -0.4 is 9.67 Å². The molecule has 0 radical (unpaired) electrons. The summed E-state index contributed by atoms with van der Waals surface area (Å²) in [5.74, 6) is -1.74. The van der Waals surface area contributed by atoms with Gasteiger partial charge in [0.2, 0.25) is 0 Å². The third-order valence-corrected chi connectivity index (χ3v) is 5.89. The molecule has 3 aromatic rings. The predicted molar refractivity (Wildman–Crippen MR) is 103 cm³/mol.